The Morgan fingerprint density at radius 1 is 0.290 bits per heavy atom. The number of hydrogen-bond acceptors (Lipinski definition) is 2. The molecule has 12 aromatic rings. The van der Waals surface area contributed by atoms with E-state index in [2.05, 4.69) is 278 Å². The Balaban J connectivity index is 1.05. The maximum atomic E-state index is 2.52. The number of hydrogen-bond donors (Lipinski definition) is 0. The third kappa shape index (κ3) is 6.67. The molecule has 11 aromatic carbocycles. The summed E-state index contributed by atoms with van der Waals surface area (Å²) in [4.78, 5) is 2.52. The van der Waals surface area contributed by atoms with E-state index in [1.165, 1.54) is 92.5 Å². The standard InChI is InChI=1S/C67H45NS/c1-4-21-47(22-5-1)52-27-10-11-28-53(52)54-29-12-13-30-55(54)56-31-15-18-36-62(56)68(51-42-39-46(40-43-51)48-41-44-58-57-32-16-19-38-64(57)69-65(58)45-48)63-37-20-35-61-66(63)59-33-14-17-34-60(59)67(61,49-23-6-2-7-24-49)50-25-8-3-9-26-50/h1-45H. The number of anilines is 3. The first kappa shape index (κ1) is 40.7. The van der Waals surface area contributed by atoms with Crippen LogP contribution in [-0.4, -0.2) is 0 Å². The second kappa shape index (κ2) is 16.9. The molecule has 324 valence electrons. The van der Waals surface area contributed by atoms with E-state index in [-0.39, 0.29) is 0 Å². The van der Waals surface area contributed by atoms with Gasteiger partial charge < -0.3 is 4.90 Å². The van der Waals surface area contributed by atoms with Gasteiger partial charge in [-0.15, -0.1) is 11.3 Å². The molecule has 2 heteroatoms. The van der Waals surface area contributed by atoms with Gasteiger partial charge in [-0.1, -0.05) is 237 Å². The average molecular weight is 896 g/mol. The lowest BCUT2D eigenvalue weighted by atomic mass is 9.68. The molecule has 0 saturated heterocycles. The third-order valence-corrected chi connectivity index (χ3v) is 15.3. The zero-order valence-corrected chi connectivity index (χ0v) is 38.7. The smallest absolute Gasteiger partial charge is 0.0714 e. The average Bonchev–Trinajstić information content (AvgIpc) is 3.96. The molecule has 0 atom stereocenters. The molecule has 1 aromatic heterocycles. The van der Waals surface area contributed by atoms with Crippen molar-refractivity contribution in [3.05, 3.63) is 295 Å². The highest BCUT2D eigenvalue weighted by atomic mass is 32.1. The van der Waals surface area contributed by atoms with Gasteiger partial charge in [-0.3, -0.25) is 0 Å². The SMILES string of the molecule is c1ccc(-c2ccccc2-c2ccccc2-c2ccccc2N(c2ccc(-c3ccc4c(c3)sc3ccccc34)cc2)c2cccc3c2-c2ccccc2C3(c2ccccc2)c2ccccc2)cc1. The Hall–Kier alpha value is -8.56. The summed E-state index contributed by atoms with van der Waals surface area (Å²) < 4.78 is 2.62. The molecule has 13 rings (SSSR count). The summed E-state index contributed by atoms with van der Waals surface area (Å²) in [5, 5.41) is 2.63. The second-order valence-electron chi connectivity index (χ2n) is 17.9. The maximum Gasteiger partial charge on any atom is 0.0714 e. The summed E-state index contributed by atoms with van der Waals surface area (Å²) in [7, 11) is 0. The Kier molecular flexibility index (Phi) is 10.00. The van der Waals surface area contributed by atoms with E-state index < -0.39 is 5.41 Å². The molecule has 0 N–H and O–H groups in total. The molecule has 0 spiro atoms. The van der Waals surface area contributed by atoms with Crippen molar-refractivity contribution in [2.75, 3.05) is 4.90 Å². The van der Waals surface area contributed by atoms with Crippen molar-refractivity contribution in [2.45, 2.75) is 5.41 Å². The van der Waals surface area contributed by atoms with Crippen molar-refractivity contribution in [2.24, 2.45) is 0 Å². The first-order valence-corrected chi connectivity index (χ1v) is 24.6. The molecule has 1 aliphatic carbocycles. The number of nitrogens with zero attached hydrogens (tertiary/aromatic N) is 1. The zero-order valence-electron chi connectivity index (χ0n) is 37.8. The molecule has 69 heavy (non-hydrogen) atoms. The Morgan fingerprint density at radius 3 is 1.49 bits per heavy atom. The van der Waals surface area contributed by atoms with E-state index in [1.54, 1.807) is 0 Å². The molecule has 0 bridgehead atoms. The molecule has 1 aliphatic rings. The fraction of sp³-hybridized carbons (Fsp3) is 0.0149. The van der Waals surface area contributed by atoms with Crippen molar-refractivity contribution in [1.82, 2.24) is 0 Å². The number of fused-ring (bicyclic) bond motifs is 6. The lowest BCUT2D eigenvalue weighted by Crippen LogP contribution is -2.28. The van der Waals surface area contributed by atoms with Crippen LogP contribution < -0.4 is 4.90 Å². The first-order chi connectivity index (χ1) is 34.3. The van der Waals surface area contributed by atoms with Crippen molar-refractivity contribution in [1.29, 1.82) is 0 Å². The summed E-state index contributed by atoms with van der Waals surface area (Å²) in [5.41, 5.74) is 19.8. The minimum Gasteiger partial charge on any atom is -0.309 e. The maximum absolute atomic E-state index is 2.52. The normalized spacial score (nSPS) is 12.5. The third-order valence-electron chi connectivity index (χ3n) is 14.2. The van der Waals surface area contributed by atoms with E-state index in [4.69, 9.17) is 0 Å². The van der Waals surface area contributed by atoms with Crippen LogP contribution in [0.4, 0.5) is 17.1 Å². The van der Waals surface area contributed by atoms with Gasteiger partial charge >= 0.3 is 0 Å². The molecule has 0 saturated carbocycles. The molecular formula is C67H45NS. The monoisotopic (exact) mass is 895 g/mol. The molecule has 0 radical (unpaired) electrons. The lowest BCUT2D eigenvalue weighted by Gasteiger charge is -2.34. The van der Waals surface area contributed by atoms with E-state index in [1.807, 2.05) is 11.3 Å². The zero-order chi connectivity index (χ0) is 45.7. The van der Waals surface area contributed by atoms with Crippen molar-refractivity contribution in [3.63, 3.8) is 0 Å². The number of benzene rings is 11. The molecule has 0 amide bonds. The van der Waals surface area contributed by atoms with Crippen molar-refractivity contribution >= 4 is 48.6 Å². The predicted octanol–water partition coefficient (Wildman–Crippen LogP) is 18.6. The van der Waals surface area contributed by atoms with Gasteiger partial charge in [0.25, 0.3) is 0 Å². The van der Waals surface area contributed by atoms with Crippen LogP contribution in [0.2, 0.25) is 0 Å². The highest BCUT2D eigenvalue weighted by molar-refractivity contribution is 7.25. The summed E-state index contributed by atoms with van der Waals surface area (Å²) in [5.74, 6) is 0. The van der Waals surface area contributed by atoms with Gasteiger partial charge in [0.05, 0.1) is 16.8 Å². The minimum absolute atomic E-state index is 0.543. The van der Waals surface area contributed by atoms with E-state index in [9.17, 15) is 0 Å². The fourth-order valence-electron chi connectivity index (χ4n) is 11.2. The molecule has 1 heterocycles. The predicted molar refractivity (Wildman–Crippen MR) is 293 cm³/mol. The van der Waals surface area contributed by atoms with Crippen LogP contribution in [-0.2, 0) is 5.41 Å². The number of para-hydroxylation sites is 1. The van der Waals surface area contributed by atoms with Gasteiger partial charge in [0.1, 0.15) is 0 Å². The summed E-state index contributed by atoms with van der Waals surface area (Å²) in [6.07, 6.45) is 0. The van der Waals surface area contributed by atoms with Crippen LogP contribution in [0.3, 0.4) is 0 Å². The van der Waals surface area contributed by atoms with E-state index in [0.29, 0.717) is 0 Å². The fourth-order valence-corrected chi connectivity index (χ4v) is 12.4. The van der Waals surface area contributed by atoms with Crippen LogP contribution in [0.1, 0.15) is 22.3 Å². The topological polar surface area (TPSA) is 3.24 Å². The Bertz CT molecular complexity index is 3790. The quantitative estimate of drug-likeness (QED) is 0.140. The second-order valence-corrected chi connectivity index (χ2v) is 19.0. The van der Waals surface area contributed by atoms with Crippen LogP contribution in [0.25, 0.3) is 75.8 Å². The number of rotatable bonds is 9. The van der Waals surface area contributed by atoms with Crippen molar-refractivity contribution in [3.8, 4) is 55.6 Å². The summed E-state index contributed by atoms with van der Waals surface area (Å²) in [6, 6.07) is 101. The minimum atomic E-state index is -0.543. The first-order valence-electron chi connectivity index (χ1n) is 23.8. The van der Waals surface area contributed by atoms with Crippen LogP contribution in [0.15, 0.2) is 273 Å². The Morgan fingerprint density at radius 2 is 0.783 bits per heavy atom. The molecule has 0 unspecified atom stereocenters. The highest BCUT2D eigenvalue weighted by Crippen LogP contribution is 2.60. The van der Waals surface area contributed by atoms with Gasteiger partial charge in [-0.05, 0) is 103 Å². The summed E-state index contributed by atoms with van der Waals surface area (Å²) in [6.45, 7) is 0. The van der Waals surface area contributed by atoms with Gasteiger partial charge in [-0.25, -0.2) is 0 Å². The van der Waals surface area contributed by atoms with Gasteiger partial charge in [0.15, 0.2) is 0 Å². The molecule has 0 fully saturated rings. The van der Waals surface area contributed by atoms with Crippen LogP contribution in [0.5, 0.6) is 0 Å². The highest BCUT2D eigenvalue weighted by Gasteiger charge is 2.47. The summed E-state index contributed by atoms with van der Waals surface area (Å²) >= 11 is 1.87. The van der Waals surface area contributed by atoms with Gasteiger partial charge in [0, 0.05) is 37.0 Å². The molecular weight excluding hydrogens is 851 g/mol. The van der Waals surface area contributed by atoms with Crippen LogP contribution >= 0.6 is 11.3 Å². The molecule has 0 aliphatic heterocycles. The largest absolute Gasteiger partial charge is 0.309 e. The number of thiophene rings is 1. The van der Waals surface area contributed by atoms with E-state index >= 15 is 0 Å². The van der Waals surface area contributed by atoms with Crippen LogP contribution in [0, 0.1) is 0 Å². The molecule has 1 nitrogen and oxygen atoms in total. The van der Waals surface area contributed by atoms with Crippen molar-refractivity contribution < 1.29 is 0 Å². The Labute approximate surface area is 407 Å². The van der Waals surface area contributed by atoms with Gasteiger partial charge in [-0.2, -0.15) is 0 Å². The lowest BCUT2D eigenvalue weighted by molar-refractivity contribution is 0.768. The van der Waals surface area contributed by atoms with E-state index in [0.717, 1.165) is 22.6 Å². The van der Waals surface area contributed by atoms with Gasteiger partial charge in [0.2, 0.25) is 0 Å².